The van der Waals surface area contributed by atoms with Gasteiger partial charge in [0.1, 0.15) is 5.75 Å². The van der Waals surface area contributed by atoms with Gasteiger partial charge >= 0.3 is 7.12 Å². The number of rotatable bonds is 4. The Hall–Kier alpha value is -1.81. The quantitative estimate of drug-likeness (QED) is 0.835. The van der Waals surface area contributed by atoms with E-state index in [1.54, 1.807) is 12.1 Å². The SMILES string of the molecule is CNCC(=Cc1cc(C#N)ccc1O)B1OC(C)(C)C(C)(C)O1. The first-order chi connectivity index (χ1) is 10.7. The highest BCUT2D eigenvalue weighted by molar-refractivity contribution is 6.56. The topological polar surface area (TPSA) is 74.5 Å². The van der Waals surface area contributed by atoms with Gasteiger partial charge < -0.3 is 19.7 Å². The van der Waals surface area contributed by atoms with Gasteiger partial charge in [0.05, 0.1) is 22.8 Å². The van der Waals surface area contributed by atoms with E-state index in [9.17, 15) is 5.11 Å². The Kier molecular flexibility index (Phi) is 4.85. The number of phenols is 1. The second-order valence-electron chi connectivity index (χ2n) is 6.72. The summed E-state index contributed by atoms with van der Waals surface area (Å²) in [6.07, 6.45) is 1.81. The standard InChI is InChI=1S/C17H23BN2O3/c1-16(2)17(3,4)23-18(22-16)14(11-20-5)9-13-8-12(10-19)6-7-15(13)21/h6-9,20-21H,11H2,1-5H3. The third-order valence-electron chi connectivity index (χ3n) is 4.43. The fourth-order valence-corrected chi connectivity index (χ4v) is 2.34. The van der Waals surface area contributed by atoms with E-state index in [1.807, 2.05) is 40.8 Å². The smallest absolute Gasteiger partial charge is 0.491 e. The molecule has 1 saturated heterocycles. The molecule has 1 fully saturated rings. The molecule has 6 heteroatoms. The number of aromatic hydroxyl groups is 1. The molecule has 2 rings (SSSR count). The summed E-state index contributed by atoms with van der Waals surface area (Å²) in [6.45, 7) is 8.54. The lowest BCUT2D eigenvalue weighted by molar-refractivity contribution is 0.00578. The number of nitrogens with zero attached hydrogens (tertiary/aromatic N) is 1. The van der Waals surface area contributed by atoms with Crippen molar-refractivity contribution < 1.29 is 14.4 Å². The van der Waals surface area contributed by atoms with Crippen molar-refractivity contribution in [2.24, 2.45) is 0 Å². The molecule has 0 spiro atoms. The monoisotopic (exact) mass is 314 g/mol. The Morgan fingerprint density at radius 3 is 2.43 bits per heavy atom. The van der Waals surface area contributed by atoms with Crippen molar-refractivity contribution >= 4 is 13.2 Å². The van der Waals surface area contributed by atoms with E-state index >= 15 is 0 Å². The second kappa shape index (κ2) is 6.36. The molecule has 0 unspecified atom stereocenters. The van der Waals surface area contributed by atoms with Crippen molar-refractivity contribution in [1.82, 2.24) is 5.32 Å². The summed E-state index contributed by atoms with van der Waals surface area (Å²) in [4.78, 5) is 0. The maximum absolute atomic E-state index is 10.0. The molecule has 0 atom stereocenters. The van der Waals surface area contributed by atoms with Crippen LogP contribution in [0.25, 0.3) is 6.08 Å². The molecule has 5 nitrogen and oxygen atoms in total. The van der Waals surface area contributed by atoms with Gasteiger partial charge in [0.2, 0.25) is 0 Å². The minimum atomic E-state index is -0.502. The number of hydrogen-bond acceptors (Lipinski definition) is 5. The largest absolute Gasteiger partial charge is 0.507 e. The molecule has 0 saturated carbocycles. The van der Waals surface area contributed by atoms with E-state index in [0.29, 0.717) is 17.7 Å². The normalized spacial score (nSPS) is 19.7. The van der Waals surface area contributed by atoms with Crippen LogP contribution in [0.2, 0.25) is 0 Å². The van der Waals surface area contributed by atoms with E-state index in [1.165, 1.54) is 6.07 Å². The highest BCUT2D eigenvalue weighted by atomic mass is 16.7. The molecule has 23 heavy (non-hydrogen) atoms. The van der Waals surface area contributed by atoms with Crippen LogP contribution in [0.4, 0.5) is 0 Å². The minimum Gasteiger partial charge on any atom is -0.507 e. The summed E-state index contributed by atoms with van der Waals surface area (Å²) in [7, 11) is 1.34. The Balaban J connectivity index is 2.38. The summed E-state index contributed by atoms with van der Waals surface area (Å²) in [5.74, 6) is 0.120. The number of nitrogens with one attached hydrogen (secondary N) is 1. The molecule has 1 aromatic rings. The summed E-state index contributed by atoms with van der Waals surface area (Å²) in [5.41, 5.74) is 1.06. The van der Waals surface area contributed by atoms with Crippen LogP contribution in [0.1, 0.15) is 38.8 Å². The van der Waals surface area contributed by atoms with Crippen LogP contribution in [0.3, 0.4) is 0 Å². The molecule has 0 aliphatic carbocycles. The van der Waals surface area contributed by atoms with Gasteiger partial charge in [-0.2, -0.15) is 5.26 Å². The van der Waals surface area contributed by atoms with Crippen molar-refractivity contribution in [3.8, 4) is 11.8 Å². The first kappa shape index (κ1) is 17.5. The Morgan fingerprint density at radius 2 is 1.91 bits per heavy atom. The summed E-state index contributed by atoms with van der Waals surface area (Å²) in [6, 6.07) is 6.83. The van der Waals surface area contributed by atoms with Gasteiger partial charge in [-0.25, -0.2) is 0 Å². The van der Waals surface area contributed by atoms with Crippen LogP contribution in [-0.2, 0) is 9.31 Å². The van der Waals surface area contributed by atoms with Crippen molar-refractivity contribution in [2.75, 3.05) is 13.6 Å². The molecule has 1 aliphatic heterocycles. The zero-order valence-corrected chi connectivity index (χ0v) is 14.3. The molecule has 1 aromatic carbocycles. The average Bonchev–Trinajstić information content (AvgIpc) is 2.69. The van der Waals surface area contributed by atoms with Crippen LogP contribution in [-0.4, -0.2) is 37.0 Å². The second-order valence-corrected chi connectivity index (χ2v) is 6.72. The van der Waals surface area contributed by atoms with Crippen LogP contribution in [0.5, 0.6) is 5.75 Å². The first-order valence-corrected chi connectivity index (χ1v) is 7.64. The summed E-state index contributed by atoms with van der Waals surface area (Å²) >= 11 is 0. The average molecular weight is 314 g/mol. The van der Waals surface area contributed by atoms with Gasteiger partial charge in [0.25, 0.3) is 0 Å². The van der Waals surface area contributed by atoms with Gasteiger partial charge in [-0.3, -0.25) is 0 Å². The molecule has 0 radical (unpaired) electrons. The van der Waals surface area contributed by atoms with Crippen molar-refractivity contribution in [3.63, 3.8) is 0 Å². The van der Waals surface area contributed by atoms with E-state index in [2.05, 4.69) is 11.4 Å². The van der Waals surface area contributed by atoms with Crippen LogP contribution in [0, 0.1) is 11.3 Å². The molecular formula is C17H23BN2O3. The number of hydrogen-bond donors (Lipinski definition) is 2. The first-order valence-electron chi connectivity index (χ1n) is 7.64. The number of likely N-dealkylation sites (N-methyl/N-ethyl adjacent to an activating group) is 1. The Bertz CT molecular complexity index is 646. The fourth-order valence-electron chi connectivity index (χ4n) is 2.34. The van der Waals surface area contributed by atoms with Crippen molar-refractivity contribution in [3.05, 3.63) is 34.8 Å². The van der Waals surface area contributed by atoms with Gasteiger partial charge in [0, 0.05) is 12.1 Å². The molecule has 1 heterocycles. The lowest BCUT2D eigenvalue weighted by atomic mass is 9.77. The van der Waals surface area contributed by atoms with Gasteiger partial charge in [0.15, 0.2) is 0 Å². The molecule has 1 aliphatic rings. The van der Waals surface area contributed by atoms with E-state index < -0.39 is 18.3 Å². The zero-order chi connectivity index (χ0) is 17.3. The molecule has 2 N–H and O–H groups in total. The highest BCUT2D eigenvalue weighted by Crippen LogP contribution is 2.39. The van der Waals surface area contributed by atoms with Crippen molar-refractivity contribution in [1.29, 1.82) is 5.26 Å². The predicted octanol–water partition coefficient (Wildman–Crippen LogP) is 2.50. The fraction of sp³-hybridized carbons (Fsp3) is 0.471. The number of phenolic OH excluding ortho intramolecular Hbond substituents is 1. The molecule has 0 amide bonds. The van der Waals surface area contributed by atoms with E-state index in [-0.39, 0.29) is 5.75 Å². The van der Waals surface area contributed by atoms with Gasteiger partial charge in [-0.05, 0) is 58.4 Å². The van der Waals surface area contributed by atoms with Crippen LogP contribution >= 0.6 is 0 Å². The summed E-state index contributed by atoms with van der Waals surface area (Å²) in [5, 5.41) is 22.2. The lowest BCUT2D eigenvalue weighted by Crippen LogP contribution is -2.41. The highest BCUT2D eigenvalue weighted by Gasteiger charge is 2.52. The lowest BCUT2D eigenvalue weighted by Gasteiger charge is -2.32. The Morgan fingerprint density at radius 1 is 1.30 bits per heavy atom. The van der Waals surface area contributed by atoms with E-state index in [0.717, 1.165) is 5.47 Å². The Labute approximate surface area is 138 Å². The molecule has 122 valence electrons. The van der Waals surface area contributed by atoms with Crippen LogP contribution in [0.15, 0.2) is 23.7 Å². The maximum Gasteiger partial charge on any atom is 0.491 e. The summed E-state index contributed by atoms with van der Waals surface area (Å²) < 4.78 is 12.1. The molecule has 0 aromatic heterocycles. The van der Waals surface area contributed by atoms with E-state index in [4.69, 9.17) is 14.6 Å². The molecule has 0 bridgehead atoms. The maximum atomic E-state index is 10.0. The van der Waals surface area contributed by atoms with Gasteiger partial charge in [-0.15, -0.1) is 0 Å². The van der Waals surface area contributed by atoms with Crippen molar-refractivity contribution in [2.45, 2.75) is 38.9 Å². The number of nitriles is 1. The minimum absolute atomic E-state index is 0.120. The number of benzene rings is 1. The molecular weight excluding hydrogens is 291 g/mol. The predicted molar refractivity (Wildman–Crippen MR) is 90.8 cm³/mol. The van der Waals surface area contributed by atoms with Gasteiger partial charge in [-0.1, -0.05) is 6.08 Å². The zero-order valence-electron chi connectivity index (χ0n) is 14.3. The van der Waals surface area contributed by atoms with Crippen LogP contribution < -0.4 is 5.32 Å². The third kappa shape index (κ3) is 3.58. The third-order valence-corrected chi connectivity index (χ3v) is 4.43.